The van der Waals surface area contributed by atoms with E-state index in [4.69, 9.17) is 5.11 Å². The summed E-state index contributed by atoms with van der Waals surface area (Å²) in [5.74, 6) is -0.741. The van der Waals surface area contributed by atoms with E-state index in [9.17, 15) is 4.79 Å². The summed E-state index contributed by atoms with van der Waals surface area (Å²) in [7, 11) is 0. The van der Waals surface area contributed by atoms with Gasteiger partial charge in [0.1, 0.15) is 0 Å². The average molecular weight is 342 g/mol. The summed E-state index contributed by atoms with van der Waals surface area (Å²) in [5.41, 5.74) is 1.23. The van der Waals surface area contributed by atoms with Gasteiger partial charge >= 0.3 is 5.97 Å². The predicted molar refractivity (Wildman–Crippen MR) is 86.0 cm³/mol. The molecule has 1 N–H and O–H groups in total. The van der Waals surface area contributed by atoms with Gasteiger partial charge in [-0.2, -0.15) is 0 Å². The molecule has 3 nitrogen and oxygen atoms in total. The Labute approximate surface area is 130 Å². The van der Waals surface area contributed by atoms with Crippen molar-refractivity contribution in [3.05, 3.63) is 34.3 Å². The van der Waals surface area contributed by atoms with Gasteiger partial charge in [-0.1, -0.05) is 28.1 Å². The summed E-state index contributed by atoms with van der Waals surface area (Å²) >= 11 is 3.44. The number of rotatable bonds is 6. The zero-order valence-corrected chi connectivity index (χ0v) is 14.3. The number of carboxylic acids is 1. The SMILES string of the molecule is CC(Cc1ccc(Br)cc1)N(CCC(=O)O)C(C)(C)C. The molecule has 1 unspecified atom stereocenters. The van der Waals surface area contributed by atoms with E-state index in [0.717, 1.165) is 10.9 Å². The quantitative estimate of drug-likeness (QED) is 0.851. The molecule has 4 heteroatoms. The molecule has 0 radical (unpaired) electrons. The Bertz CT molecular complexity index is 437. The van der Waals surface area contributed by atoms with Gasteiger partial charge in [-0.3, -0.25) is 9.69 Å². The van der Waals surface area contributed by atoms with E-state index in [0.29, 0.717) is 12.6 Å². The molecule has 1 rings (SSSR count). The topological polar surface area (TPSA) is 40.5 Å². The Kier molecular flexibility index (Phi) is 6.21. The molecule has 0 heterocycles. The van der Waals surface area contributed by atoms with Gasteiger partial charge in [0, 0.05) is 22.6 Å². The predicted octanol–water partition coefficient (Wildman–Crippen LogP) is 3.96. The summed E-state index contributed by atoms with van der Waals surface area (Å²) in [5, 5.41) is 8.90. The first-order valence-electron chi connectivity index (χ1n) is 6.93. The Morgan fingerprint density at radius 3 is 2.30 bits per heavy atom. The number of carboxylic acid groups (broad SMARTS) is 1. The monoisotopic (exact) mass is 341 g/mol. The molecule has 1 aromatic rings. The van der Waals surface area contributed by atoms with E-state index >= 15 is 0 Å². The third-order valence-corrected chi connectivity index (χ3v) is 3.93. The third-order valence-electron chi connectivity index (χ3n) is 3.40. The molecule has 0 amide bonds. The first kappa shape index (κ1) is 17.2. The standard InChI is InChI=1S/C16H24BrNO2/c1-12(11-13-5-7-14(17)8-6-13)18(16(2,3)4)10-9-15(19)20/h5-8,12H,9-11H2,1-4H3,(H,19,20). The Balaban J connectivity index is 2.74. The molecule has 0 aliphatic rings. The molecule has 0 bridgehead atoms. The Hall–Kier alpha value is -0.870. The van der Waals surface area contributed by atoms with Gasteiger partial charge in [0.25, 0.3) is 0 Å². The van der Waals surface area contributed by atoms with Crippen molar-refractivity contribution in [2.75, 3.05) is 6.54 Å². The summed E-state index contributed by atoms with van der Waals surface area (Å²) < 4.78 is 1.08. The van der Waals surface area contributed by atoms with E-state index < -0.39 is 5.97 Å². The summed E-state index contributed by atoms with van der Waals surface area (Å²) in [6.07, 6.45) is 1.10. The summed E-state index contributed by atoms with van der Waals surface area (Å²) in [6, 6.07) is 8.61. The zero-order valence-electron chi connectivity index (χ0n) is 12.7. The molecule has 0 fully saturated rings. The van der Waals surface area contributed by atoms with Crippen molar-refractivity contribution >= 4 is 21.9 Å². The Morgan fingerprint density at radius 1 is 1.30 bits per heavy atom. The smallest absolute Gasteiger partial charge is 0.304 e. The van der Waals surface area contributed by atoms with Gasteiger partial charge in [0.2, 0.25) is 0 Å². The number of nitrogens with zero attached hydrogens (tertiary/aromatic N) is 1. The zero-order chi connectivity index (χ0) is 15.3. The first-order chi connectivity index (χ1) is 9.20. The van der Waals surface area contributed by atoms with Crippen molar-refractivity contribution in [3.8, 4) is 0 Å². The molecule has 1 atom stereocenters. The molecule has 0 aliphatic heterocycles. The Morgan fingerprint density at radius 2 is 1.85 bits per heavy atom. The van der Waals surface area contributed by atoms with Crippen LogP contribution in [0, 0.1) is 0 Å². The number of halogens is 1. The van der Waals surface area contributed by atoms with Crippen molar-refractivity contribution in [1.29, 1.82) is 0 Å². The van der Waals surface area contributed by atoms with Gasteiger partial charge in [-0.15, -0.1) is 0 Å². The highest BCUT2D eigenvalue weighted by Gasteiger charge is 2.26. The van der Waals surface area contributed by atoms with E-state index in [1.165, 1.54) is 5.56 Å². The fourth-order valence-corrected chi connectivity index (χ4v) is 2.77. The van der Waals surface area contributed by atoms with Crippen LogP contribution in [0.2, 0.25) is 0 Å². The fraction of sp³-hybridized carbons (Fsp3) is 0.562. The van der Waals surface area contributed by atoms with Gasteiger partial charge in [0.05, 0.1) is 6.42 Å². The van der Waals surface area contributed by atoms with Crippen LogP contribution in [0.3, 0.4) is 0 Å². The van der Waals surface area contributed by atoms with Crippen LogP contribution in [0.5, 0.6) is 0 Å². The van der Waals surface area contributed by atoms with Crippen molar-refractivity contribution in [2.45, 2.75) is 52.1 Å². The van der Waals surface area contributed by atoms with E-state index in [-0.39, 0.29) is 12.0 Å². The average Bonchev–Trinajstić information content (AvgIpc) is 2.30. The number of carbonyl (C=O) groups is 1. The van der Waals surface area contributed by atoms with Crippen LogP contribution in [0.4, 0.5) is 0 Å². The summed E-state index contributed by atoms with van der Waals surface area (Å²) in [6.45, 7) is 9.14. The molecule has 0 saturated heterocycles. The number of hydrogen-bond acceptors (Lipinski definition) is 2. The van der Waals surface area contributed by atoms with E-state index in [1.807, 2.05) is 12.1 Å². The van der Waals surface area contributed by atoms with Crippen molar-refractivity contribution in [3.63, 3.8) is 0 Å². The van der Waals surface area contributed by atoms with Crippen LogP contribution in [0.15, 0.2) is 28.7 Å². The molecular weight excluding hydrogens is 318 g/mol. The summed E-state index contributed by atoms with van der Waals surface area (Å²) in [4.78, 5) is 13.1. The maximum absolute atomic E-state index is 10.8. The molecule has 0 aliphatic carbocycles. The van der Waals surface area contributed by atoms with Crippen LogP contribution in [-0.2, 0) is 11.2 Å². The second-order valence-electron chi connectivity index (χ2n) is 6.19. The lowest BCUT2D eigenvalue weighted by Gasteiger charge is -2.40. The minimum Gasteiger partial charge on any atom is -0.481 e. The molecule has 112 valence electrons. The minimum absolute atomic E-state index is 0.0375. The first-order valence-corrected chi connectivity index (χ1v) is 7.72. The van der Waals surface area contributed by atoms with Crippen molar-refractivity contribution in [2.24, 2.45) is 0 Å². The van der Waals surface area contributed by atoms with E-state index in [1.54, 1.807) is 0 Å². The molecule has 20 heavy (non-hydrogen) atoms. The van der Waals surface area contributed by atoms with Crippen LogP contribution < -0.4 is 0 Å². The van der Waals surface area contributed by atoms with Crippen LogP contribution >= 0.6 is 15.9 Å². The maximum atomic E-state index is 10.8. The van der Waals surface area contributed by atoms with Crippen LogP contribution in [0.1, 0.15) is 39.7 Å². The van der Waals surface area contributed by atoms with Crippen molar-refractivity contribution in [1.82, 2.24) is 4.90 Å². The normalized spacial score (nSPS) is 13.5. The fourth-order valence-electron chi connectivity index (χ4n) is 2.50. The lowest BCUT2D eigenvalue weighted by molar-refractivity contribution is -0.137. The largest absolute Gasteiger partial charge is 0.481 e. The van der Waals surface area contributed by atoms with Gasteiger partial charge in [0.15, 0.2) is 0 Å². The van der Waals surface area contributed by atoms with Crippen LogP contribution in [0.25, 0.3) is 0 Å². The number of hydrogen-bond donors (Lipinski definition) is 1. The molecular formula is C16H24BrNO2. The molecule has 0 spiro atoms. The number of aliphatic carboxylic acids is 1. The molecule has 0 saturated carbocycles. The second kappa shape index (κ2) is 7.23. The maximum Gasteiger partial charge on any atom is 0.304 e. The van der Waals surface area contributed by atoms with Crippen molar-refractivity contribution < 1.29 is 9.90 Å². The lowest BCUT2D eigenvalue weighted by Crippen LogP contribution is -2.48. The van der Waals surface area contributed by atoms with Crippen LogP contribution in [-0.4, -0.2) is 34.1 Å². The highest BCUT2D eigenvalue weighted by atomic mass is 79.9. The van der Waals surface area contributed by atoms with Gasteiger partial charge in [-0.25, -0.2) is 0 Å². The highest BCUT2D eigenvalue weighted by molar-refractivity contribution is 9.10. The lowest BCUT2D eigenvalue weighted by atomic mass is 9.98. The number of benzene rings is 1. The van der Waals surface area contributed by atoms with Gasteiger partial charge < -0.3 is 5.11 Å². The minimum atomic E-state index is -0.741. The highest BCUT2D eigenvalue weighted by Crippen LogP contribution is 2.21. The second-order valence-corrected chi connectivity index (χ2v) is 7.10. The van der Waals surface area contributed by atoms with E-state index in [2.05, 4.69) is 60.7 Å². The molecule has 0 aromatic heterocycles. The van der Waals surface area contributed by atoms with Gasteiger partial charge in [-0.05, 0) is 51.8 Å². The third kappa shape index (κ3) is 5.63. The molecule has 1 aromatic carbocycles.